The van der Waals surface area contributed by atoms with Crippen molar-refractivity contribution >= 4 is 50.3 Å². The van der Waals surface area contributed by atoms with Crippen LogP contribution < -0.4 is 25.3 Å². The first kappa shape index (κ1) is 26.9. The van der Waals surface area contributed by atoms with Crippen LogP contribution in [0.5, 0.6) is 5.75 Å². The quantitative estimate of drug-likeness (QED) is 0.323. The molecule has 0 amide bonds. The highest BCUT2D eigenvalue weighted by Crippen LogP contribution is 2.37. The number of imidazole rings is 1. The second-order valence-electron chi connectivity index (χ2n) is 9.57. The van der Waals surface area contributed by atoms with Crippen LogP contribution in [0.15, 0.2) is 66.7 Å². The number of carbonyl (C=O) groups excluding carboxylic acids is 1. The van der Waals surface area contributed by atoms with Crippen LogP contribution in [0.2, 0.25) is 0 Å². The Hall–Kier alpha value is -3.70. The summed E-state index contributed by atoms with van der Waals surface area (Å²) in [6, 6.07) is 10.3. The second kappa shape index (κ2) is 10.1. The third-order valence-corrected chi connectivity index (χ3v) is 8.14. The molecule has 2 aromatic carbocycles. The molecule has 0 spiro atoms. The van der Waals surface area contributed by atoms with E-state index in [9.17, 15) is 14.4 Å². The van der Waals surface area contributed by atoms with Crippen molar-refractivity contribution < 1.29 is 14.3 Å². The lowest BCUT2D eigenvalue weighted by Gasteiger charge is -2.26. The lowest BCUT2D eigenvalue weighted by atomic mass is 9.95. The van der Waals surface area contributed by atoms with Gasteiger partial charge in [0.05, 0.1) is 40.0 Å². The molecule has 9 nitrogen and oxygen atoms in total. The van der Waals surface area contributed by atoms with E-state index >= 15 is 0 Å². The van der Waals surface area contributed by atoms with Crippen LogP contribution in [0.25, 0.3) is 17.1 Å². The average Bonchev–Trinajstić information content (AvgIpc) is 3.30. The van der Waals surface area contributed by atoms with Crippen molar-refractivity contribution in [3.8, 4) is 5.75 Å². The number of rotatable bonds is 5. The Kier molecular flexibility index (Phi) is 6.98. The number of hydrogen-bond donors (Lipinski definition) is 0. The molecule has 0 radical (unpaired) electrons. The van der Waals surface area contributed by atoms with Crippen LogP contribution in [-0.4, -0.2) is 32.9 Å². The van der Waals surface area contributed by atoms with Crippen LogP contribution in [0.3, 0.4) is 0 Å². The van der Waals surface area contributed by atoms with Gasteiger partial charge in [-0.15, -0.1) is 0 Å². The molecule has 0 fully saturated rings. The first-order valence-corrected chi connectivity index (χ1v) is 13.8. The van der Waals surface area contributed by atoms with E-state index in [1.54, 1.807) is 63.3 Å². The van der Waals surface area contributed by atoms with Crippen LogP contribution in [0.4, 0.5) is 0 Å². The third-order valence-electron chi connectivity index (χ3n) is 6.66. The van der Waals surface area contributed by atoms with E-state index in [0.717, 1.165) is 21.1 Å². The van der Waals surface area contributed by atoms with Gasteiger partial charge in [0.15, 0.2) is 4.80 Å². The average molecular weight is 612 g/mol. The van der Waals surface area contributed by atoms with Crippen molar-refractivity contribution in [3.63, 3.8) is 0 Å². The molecule has 0 bridgehead atoms. The van der Waals surface area contributed by atoms with E-state index in [4.69, 9.17) is 9.47 Å². The summed E-state index contributed by atoms with van der Waals surface area (Å²) in [5, 5.41) is 0. The minimum Gasteiger partial charge on any atom is -0.496 e. The number of halogens is 1. The molecule has 3 heterocycles. The fraction of sp³-hybridized carbons (Fsp3) is 0.286. The summed E-state index contributed by atoms with van der Waals surface area (Å²) >= 11 is 4.75. The molecule has 202 valence electrons. The summed E-state index contributed by atoms with van der Waals surface area (Å²) in [7, 11) is 4.99. The number of nitrogens with zero attached hydrogens (tertiary/aromatic N) is 4. The van der Waals surface area contributed by atoms with Gasteiger partial charge in [0.25, 0.3) is 5.56 Å². The summed E-state index contributed by atoms with van der Waals surface area (Å²) in [4.78, 5) is 44.8. The molecule has 5 rings (SSSR count). The molecule has 1 atom stereocenters. The van der Waals surface area contributed by atoms with Crippen molar-refractivity contribution in [1.82, 2.24) is 13.7 Å². The number of aryl methyl sites for hydroxylation is 2. The summed E-state index contributed by atoms with van der Waals surface area (Å²) in [5.41, 5.74) is 3.28. The monoisotopic (exact) mass is 610 g/mol. The van der Waals surface area contributed by atoms with Crippen LogP contribution in [0.1, 0.15) is 37.9 Å². The van der Waals surface area contributed by atoms with Crippen molar-refractivity contribution in [2.24, 2.45) is 19.1 Å². The minimum atomic E-state index is -0.806. The van der Waals surface area contributed by atoms with Gasteiger partial charge in [0, 0.05) is 24.1 Å². The van der Waals surface area contributed by atoms with E-state index in [2.05, 4.69) is 20.9 Å². The Morgan fingerprint density at radius 3 is 2.51 bits per heavy atom. The molecule has 0 saturated carbocycles. The van der Waals surface area contributed by atoms with Crippen LogP contribution in [-0.2, 0) is 23.6 Å². The molecule has 2 aromatic heterocycles. The van der Waals surface area contributed by atoms with Gasteiger partial charge in [-0.25, -0.2) is 14.6 Å². The van der Waals surface area contributed by atoms with Crippen molar-refractivity contribution in [3.05, 3.63) is 93.4 Å². The molecule has 1 aliphatic heterocycles. The Morgan fingerprint density at radius 2 is 1.82 bits per heavy atom. The molecule has 11 heteroatoms. The van der Waals surface area contributed by atoms with Gasteiger partial charge in [-0.05, 0) is 62.7 Å². The number of carbonyl (C=O) groups is 1. The molecule has 0 saturated heterocycles. The van der Waals surface area contributed by atoms with E-state index in [-0.39, 0.29) is 22.9 Å². The number of thiazole rings is 1. The third kappa shape index (κ3) is 4.59. The number of allylic oxidation sites excluding steroid dienone is 1. The van der Waals surface area contributed by atoms with E-state index in [0.29, 0.717) is 26.3 Å². The Balaban J connectivity index is 1.76. The first-order chi connectivity index (χ1) is 18.5. The number of aromatic nitrogens is 3. The summed E-state index contributed by atoms with van der Waals surface area (Å²) < 4.78 is 17.1. The SMILES string of the molecule is COc1ccc(Br)cc1[C@@H]1C(C(=O)OC(C)C)=C(C)N=c2s/c(=C\c3ccc4c(c3)n(C)c(=O)n4C)c(=O)n21. The zero-order valence-electron chi connectivity index (χ0n) is 22.3. The summed E-state index contributed by atoms with van der Waals surface area (Å²) in [5.74, 6) is -0.0132. The Morgan fingerprint density at radius 1 is 1.10 bits per heavy atom. The molecule has 0 unspecified atom stereocenters. The van der Waals surface area contributed by atoms with Crippen molar-refractivity contribution in [2.45, 2.75) is 32.9 Å². The van der Waals surface area contributed by atoms with Gasteiger partial charge in [-0.3, -0.25) is 18.5 Å². The topological polar surface area (TPSA) is 96.8 Å². The summed E-state index contributed by atoms with van der Waals surface area (Å²) in [6.45, 7) is 5.30. The molecular formula is C28H27BrN4O5S. The largest absolute Gasteiger partial charge is 0.496 e. The lowest BCUT2D eigenvalue weighted by Crippen LogP contribution is -2.40. The number of esters is 1. The predicted molar refractivity (Wildman–Crippen MR) is 154 cm³/mol. The highest BCUT2D eigenvalue weighted by Gasteiger charge is 2.35. The zero-order valence-corrected chi connectivity index (χ0v) is 24.7. The first-order valence-electron chi connectivity index (χ1n) is 12.2. The van der Waals surface area contributed by atoms with E-state index in [1.165, 1.54) is 15.9 Å². The number of methoxy groups -OCH3 is 1. The minimum absolute atomic E-state index is 0.124. The molecular weight excluding hydrogens is 584 g/mol. The number of ether oxygens (including phenoxy) is 2. The second-order valence-corrected chi connectivity index (χ2v) is 11.5. The summed E-state index contributed by atoms with van der Waals surface area (Å²) in [6.07, 6.45) is 1.43. The maximum Gasteiger partial charge on any atom is 0.338 e. The van der Waals surface area contributed by atoms with Crippen LogP contribution in [0, 0.1) is 0 Å². The Bertz CT molecular complexity index is 1930. The number of fused-ring (bicyclic) bond motifs is 2. The maximum atomic E-state index is 14.0. The molecule has 0 N–H and O–H groups in total. The lowest BCUT2D eigenvalue weighted by molar-refractivity contribution is -0.143. The maximum absolute atomic E-state index is 14.0. The molecule has 1 aliphatic rings. The normalized spacial score (nSPS) is 15.6. The fourth-order valence-corrected chi connectivity index (χ4v) is 6.26. The zero-order chi connectivity index (χ0) is 28.2. The fourth-order valence-electron chi connectivity index (χ4n) is 4.84. The van der Waals surface area contributed by atoms with Crippen molar-refractivity contribution in [1.29, 1.82) is 0 Å². The van der Waals surface area contributed by atoms with Gasteiger partial charge in [-0.2, -0.15) is 0 Å². The van der Waals surface area contributed by atoms with Gasteiger partial charge < -0.3 is 9.47 Å². The van der Waals surface area contributed by atoms with E-state index < -0.39 is 12.0 Å². The molecule has 0 aliphatic carbocycles. The predicted octanol–water partition coefficient (Wildman–Crippen LogP) is 3.15. The van der Waals surface area contributed by atoms with Gasteiger partial charge >= 0.3 is 11.7 Å². The number of benzene rings is 2. The highest BCUT2D eigenvalue weighted by molar-refractivity contribution is 9.10. The Labute approximate surface area is 236 Å². The number of hydrogen-bond acceptors (Lipinski definition) is 7. The standard InChI is InChI=1S/C28H27BrN4O5S/c1-14(2)38-26(35)23-15(3)30-27-33(24(23)18-13-17(29)8-10-21(18)37-6)25(34)22(39-27)12-16-7-9-19-20(11-16)32(5)28(36)31(19)4/h7-14,24H,1-6H3/b22-12-/t24-/m1/s1. The van der Waals surface area contributed by atoms with Gasteiger partial charge in [0.2, 0.25) is 0 Å². The smallest absolute Gasteiger partial charge is 0.338 e. The molecule has 4 aromatic rings. The molecule has 39 heavy (non-hydrogen) atoms. The van der Waals surface area contributed by atoms with E-state index in [1.807, 2.05) is 30.3 Å². The van der Waals surface area contributed by atoms with Gasteiger partial charge in [0.1, 0.15) is 11.8 Å². The highest BCUT2D eigenvalue weighted by atomic mass is 79.9. The van der Waals surface area contributed by atoms with Crippen LogP contribution >= 0.6 is 27.3 Å². The van der Waals surface area contributed by atoms with Crippen molar-refractivity contribution in [2.75, 3.05) is 7.11 Å². The van der Waals surface area contributed by atoms with Gasteiger partial charge in [-0.1, -0.05) is 33.3 Å².